The molecule has 0 aromatic rings. The van der Waals surface area contributed by atoms with Crippen LogP contribution in [-0.2, 0) is 0 Å². The van der Waals surface area contributed by atoms with E-state index in [-0.39, 0.29) is 0 Å². The molecule has 0 spiro atoms. The van der Waals surface area contributed by atoms with Gasteiger partial charge in [0.05, 0.1) is 0 Å². The van der Waals surface area contributed by atoms with Crippen LogP contribution >= 0.6 is 0 Å². The van der Waals surface area contributed by atoms with Crippen molar-refractivity contribution in [3.8, 4) is 0 Å². The van der Waals surface area contributed by atoms with Gasteiger partial charge < -0.3 is 10.8 Å². The Morgan fingerprint density at radius 3 is 2.60 bits per heavy atom. The first kappa shape index (κ1) is 6.62. The third-order valence-corrected chi connectivity index (χ3v) is 3.23. The molecule has 2 fully saturated rings. The molecule has 0 saturated heterocycles. The van der Waals surface area contributed by atoms with E-state index in [4.69, 9.17) is 10.8 Å². The van der Waals surface area contributed by atoms with Gasteiger partial charge in [0.1, 0.15) is 0 Å². The van der Waals surface area contributed by atoms with E-state index in [9.17, 15) is 0 Å². The largest absolute Gasteiger partial charge is 0.396 e. The molecule has 0 amide bonds. The molecule has 0 radical (unpaired) electrons. The van der Waals surface area contributed by atoms with Crippen LogP contribution in [0.5, 0.6) is 0 Å². The Morgan fingerprint density at radius 1 is 1.30 bits per heavy atom. The Bertz CT molecular complexity index is 137. The predicted octanol–water partition coefficient (Wildman–Crippen LogP) is 0.352. The van der Waals surface area contributed by atoms with Crippen molar-refractivity contribution in [2.45, 2.75) is 25.3 Å². The maximum Gasteiger partial charge on any atom is 0.0459 e. The Morgan fingerprint density at radius 2 is 2.10 bits per heavy atom. The highest BCUT2D eigenvalue weighted by Crippen LogP contribution is 2.48. The Hall–Kier alpha value is -0.0800. The molecule has 2 heteroatoms. The average Bonchev–Trinajstić information content (AvgIpc) is 2.26. The van der Waals surface area contributed by atoms with E-state index in [2.05, 4.69) is 0 Å². The number of rotatable bonds is 1. The van der Waals surface area contributed by atoms with Crippen molar-refractivity contribution in [1.29, 1.82) is 0 Å². The fourth-order valence-corrected chi connectivity index (χ4v) is 2.55. The molecule has 58 valence electrons. The molecule has 4 unspecified atom stereocenters. The zero-order valence-corrected chi connectivity index (χ0v) is 6.16. The normalized spacial score (nSPS) is 52.2. The lowest BCUT2D eigenvalue weighted by Gasteiger charge is -2.37. The molecule has 2 saturated carbocycles. The first-order valence-electron chi connectivity index (χ1n) is 4.17. The van der Waals surface area contributed by atoms with Crippen LogP contribution in [-0.4, -0.2) is 17.8 Å². The fourth-order valence-electron chi connectivity index (χ4n) is 2.55. The van der Waals surface area contributed by atoms with Crippen LogP contribution in [0.15, 0.2) is 0 Å². The van der Waals surface area contributed by atoms with E-state index in [1.54, 1.807) is 0 Å². The summed E-state index contributed by atoms with van der Waals surface area (Å²) in [6.45, 7) is 0.375. The van der Waals surface area contributed by atoms with Gasteiger partial charge in [-0.3, -0.25) is 0 Å². The molecular weight excluding hydrogens is 126 g/mol. The SMILES string of the molecule is NC1CC2CC(CO)CC12. The highest BCUT2D eigenvalue weighted by molar-refractivity contribution is 4.98. The van der Waals surface area contributed by atoms with Gasteiger partial charge in [-0.2, -0.15) is 0 Å². The van der Waals surface area contributed by atoms with Gasteiger partial charge >= 0.3 is 0 Å². The third-order valence-electron chi connectivity index (χ3n) is 3.23. The first-order valence-corrected chi connectivity index (χ1v) is 4.17. The lowest BCUT2D eigenvalue weighted by Crippen LogP contribution is -2.44. The Kier molecular flexibility index (Phi) is 1.46. The fraction of sp³-hybridized carbons (Fsp3) is 1.00. The minimum Gasteiger partial charge on any atom is -0.396 e. The molecule has 2 aliphatic carbocycles. The lowest BCUT2D eigenvalue weighted by atomic mass is 9.72. The van der Waals surface area contributed by atoms with Crippen molar-refractivity contribution in [3.63, 3.8) is 0 Å². The number of aliphatic hydroxyl groups excluding tert-OH is 1. The van der Waals surface area contributed by atoms with Gasteiger partial charge in [0.15, 0.2) is 0 Å². The van der Waals surface area contributed by atoms with Crippen LogP contribution in [0, 0.1) is 17.8 Å². The van der Waals surface area contributed by atoms with Gasteiger partial charge in [0.25, 0.3) is 0 Å². The van der Waals surface area contributed by atoms with Crippen LogP contribution in [0.1, 0.15) is 19.3 Å². The van der Waals surface area contributed by atoms with Crippen molar-refractivity contribution < 1.29 is 5.11 Å². The maximum atomic E-state index is 8.87. The molecule has 0 aliphatic heterocycles. The summed E-state index contributed by atoms with van der Waals surface area (Å²) in [5, 5.41) is 8.87. The smallest absolute Gasteiger partial charge is 0.0459 e. The van der Waals surface area contributed by atoms with Crippen molar-refractivity contribution in [2.75, 3.05) is 6.61 Å². The minimum absolute atomic E-state index is 0.375. The summed E-state index contributed by atoms with van der Waals surface area (Å²) in [5.41, 5.74) is 5.80. The van der Waals surface area contributed by atoms with Gasteiger partial charge in [-0.1, -0.05) is 0 Å². The summed E-state index contributed by atoms with van der Waals surface area (Å²) in [4.78, 5) is 0. The summed E-state index contributed by atoms with van der Waals surface area (Å²) >= 11 is 0. The van der Waals surface area contributed by atoms with Crippen LogP contribution < -0.4 is 5.73 Å². The van der Waals surface area contributed by atoms with Gasteiger partial charge in [0, 0.05) is 12.6 Å². The molecule has 0 heterocycles. The molecule has 0 aromatic heterocycles. The van der Waals surface area contributed by atoms with Crippen molar-refractivity contribution in [1.82, 2.24) is 0 Å². The Balaban J connectivity index is 1.93. The highest BCUT2D eigenvalue weighted by Gasteiger charge is 2.45. The quantitative estimate of drug-likeness (QED) is 0.553. The molecular formula is C8H15NO. The summed E-state index contributed by atoms with van der Waals surface area (Å²) in [6.07, 6.45) is 3.62. The number of nitrogens with two attached hydrogens (primary N) is 1. The molecule has 0 bridgehead atoms. The van der Waals surface area contributed by atoms with Crippen molar-refractivity contribution >= 4 is 0 Å². The molecule has 0 aromatic carbocycles. The summed E-state index contributed by atoms with van der Waals surface area (Å²) < 4.78 is 0. The molecule has 2 rings (SSSR count). The van der Waals surface area contributed by atoms with E-state index in [1.807, 2.05) is 0 Å². The number of aliphatic hydroxyl groups is 1. The van der Waals surface area contributed by atoms with Crippen molar-refractivity contribution in [2.24, 2.45) is 23.5 Å². The Labute approximate surface area is 61.4 Å². The second-order valence-electron chi connectivity index (χ2n) is 3.84. The molecule has 2 aliphatic rings. The van der Waals surface area contributed by atoms with E-state index in [0.717, 1.165) is 11.8 Å². The van der Waals surface area contributed by atoms with Gasteiger partial charge in [-0.15, -0.1) is 0 Å². The molecule has 10 heavy (non-hydrogen) atoms. The molecule has 2 nitrogen and oxygen atoms in total. The minimum atomic E-state index is 0.375. The monoisotopic (exact) mass is 141 g/mol. The summed E-state index contributed by atoms with van der Waals surface area (Å²) in [6, 6.07) is 0.460. The van der Waals surface area contributed by atoms with Crippen molar-refractivity contribution in [3.05, 3.63) is 0 Å². The van der Waals surface area contributed by atoms with Gasteiger partial charge in [-0.25, -0.2) is 0 Å². The predicted molar refractivity (Wildman–Crippen MR) is 39.4 cm³/mol. The van der Waals surface area contributed by atoms with E-state index in [1.165, 1.54) is 19.3 Å². The zero-order valence-electron chi connectivity index (χ0n) is 6.16. The number of hydrogen-bond acceptors (Lipinski definition) is 2. The van der Waals surface area contributed by atoms with Gasteiger partial charge in [0.2, 0.25) is 0 Å². The molecule has 4 atom stereocenters. The topological polar surface area (TPSA) is 46.2 Å². The second kappa shape index (κ2) is 2.21. The van der Waals surface area contributed by atoms with Crippen LogP contribution in [0.4, 0.5) is 0 Å². The van der Waals surface area contributed by atoms with Gasteiger partial charge in [-0.05, 0) is 37.0 Å². The van der Waals surface area contributed by atoms with E-state index >= 15 is 0 Å². The number of fused-ring (bicyclic) bond motifs is 1. The second-order valence-corrected chi connectivity index (χ2v) is 3.84. The first-order chi connectivity index (χ1) is 4.81. The third kappa shape index (κ3) is 0.789. The highest BCUT2D eigenvalue weighted by atomic mass is 16.3. The maximum absolute atomic E-state index is 8.87. The summed E-state index contributed by atoms with van der Waals surface area (Å²) in [7, 11) is 0. The van der Waals surface area contributed by atoms with Crippen LogP contribution in [0.3, 0.4) is 0 Å². The standard InChI is InChI=1S/C8H15NO/c9-8-3-6-1-5(4-10)2-7(6)8/h5-8,10H,1-4,9H2. The van der Waals surface area contributed by atoms with Crippen LogP contribution in [0.2, 0.25) is 0 Å². The lowest BCUT2D eigenvalue weighted by molar-refractivity contribution is 0.173. The van der Waals surface area contributed by atoms with Crippen LogP contribution in [0.25, 0.3) is 0 Å². The van der Waals surface area contributed by atoms with E-state index in [0.29, 0.717) is 18.6 Å². The molecule has 3 N–H and O–H groups in total. The zero-order chi connectivity index (χ0) is 7.14. The van der Waals surface area contributed by atoms with E-state index < -0.39 is 0 Å². The number of hydrogen-bond donors (Lipinski definition) is 2. The summed E-state index contributed by atoms with van der Waals surface area (Å²) in [5.74, 6) is 2.20. The average molecular weight is 141 g/mol.